The van der Waals surface area contributed by atoms with Gasteiger partial charge in [0.2, 0.25) is 11.8 Å². The van der Waals surface area contributed by atoms with E-state index in [1.165, 1.54) is 25.7 Å². The molecule has 2 aromatic carbocycles. The minimum absolute atomic E-state index is 0.00979. The molecular formula is C51H87BrN4O10P2Si. The molecule has 18 heteroatoms. The summed E-state index contributed by atoms with van der Waals surface area (Å²) in [7, 11) is -7.13. The fraction of sp³-hybridized carbons (Fsp3) is 0.725. The zero-order valence-electron chi connectivity index (χ0n) is 43.7. The van der Waals surface area contributed by atoms with Crippen LogP contribution in [0.25, 0.3) is 0 Å². The Morgan fingerprint density at radius 3 is 1.36 bits per heavy atom. The molecule has 0 aromatic heterocycles. The molecule has 4 N–H and O–H groups in total. The van der Waals surface area contributed by atoms with Gasteiger partial charge in [-0.25, -0.2) is 0 Å². The number of fused-ring (bicyclic) bond motifs is 2. The van der Waals surface area contributed by atoms with Gasteiger partial charge < -0.3 is 48.7 Å². The Morgan fingerprint density at radius 1 is 0.667 bits per heavy atom. The predicted octanol–water partition coefficient (Wildman–Crippen LogP) is 11.0. The maximum atomic E-state index is 12.8. The van der Waals surface area contributed by atoms with E-state index in [1.54, 1.807) is 18.7 Å². The van der Waals surface area contributed by atoms with Gasteiger partial charge in [-0.2, -0.15) is 0 Å². The van der Waals surface area contributed by atoms with Gasteiger partial charge >= 0.3 is 15.2 Å². The number of nitrogens with zero attached hydrogens (tertiary/aromatic N) is 2. The second-order valence-electron chi connectivity index (χ2n) is 22.1. The van der Waals surface area contributed by atoms with Crippen molar-refractivity contribution in [1.29, 1.82) is 0 Å². The molecule has 2 aliphatic carbocycles. The summed E-state index contributed by atoms with van der Waals surface area (Å²) >= 11 is 3.51. The fourth-order valence-electron chi connectivity index (χ4n) is 9.48. The van der Waals surface area contributed by atoms with Gasteiger partial charge in [0.15, 0.2) is 0 Å². The van der Waals surface area contributed by atoms with Crippen LogP contribution in [0.2, 0.25) is 19.6 Å². The first-order chi connectivity index (χ1) is 32.2. The van der Waals surface area contributed by atoms with Gasteiger partial charge in [0, 0.05) is 37.6 Å². The number of carbonyl (C=O) groups excluding carboxylic acids is 2. The number of amides is 2. The molecule has 392 valence electrons. The highest BCUT2D eigenvalue weighted by Crippen LogP contribution is 2.47. The Bertz CT molecular complexity index is 2020. The van der Waals surface area contributed by atoms with E-state index in [2.05, 4.69) is 99.2 Å². The number of hydrogen-bond donors (Lipinski definition) is 4. The Hall–Kier alpha value is -2.10. The average molecular weight is 1090 g/mol. The maximum Gasteiger partial charge on any atom is 0.331 e. The molecule has 0 unspecified atom stereocenters. The van der Waals surface area contributed by atoms with Crippen LogP contribution in [0.3, 0.4) is 0 Å². The van der Waals surface area contributed by atoms with Gasteiger partial charge in [-0.15, -0.1) is 15.3 Å². The number of rotatable bonds is 18. The van der Waals surface area contributed by atoms with E-state index in [-0.39, 0.29) is 56.0 Å². The minimum Gasteiger partial charge on any atom is -0.490 e. The van der Waals surface area contributed by atoms with Crippen LogP contribution >= 0.6 is 30.5 Å². The van der Waals surface area contributed by atoms with Gasteiger partial charge in [-0.05, 0) is 148 Å². The smallest absolute Gasteiger partial charge is 0.331 e. The molecule has 69 heavy (non-hydrogen) atoms. The lowest BCUT2D eigenvalue weighted by Crippen LogP contribution is -2.38. The second-order valence-corrected chi connectivity index (χ2v) is 37.3. The topological polar surface area (TPSA) is 176 Å². The summed E-state index contributed by atoms with van der Waals surface area (Å²) in [5.41, 5.74) is 4.87. The molecule has 4 aliphatic rings. The highest BCUT2D eigenvalue weighted by Gasteiger charge is 2.33. The van der Waals surface area contributed by atoms with Crippen LogP contribution in [0.4, 0.5) is 11.4 Å². The zero-order chi connectivity index (χ0) is 51.2. The zero-order valence-corrected chi connectivity index (χ0v) is 48.1. The van der Waals surface area contributed by atoms with E-state index >= 15 is 0 Å². The Labute approximate surface area is 423 Å². The van der Waals surface area contributed by atoms with Crippen molar-refractivity contribution in [3.8, 4) is 11.5 Å². The summed E-state index contributed by atoms with van der Waals surface area (Å²) in [4.78, 5) is 46.6. The Morgan fingerprint density at radius 2 is 1.03 bits per heavy atom. The van der Waals surface area contributed by atoms with Gasteiger partial charge in [0.25, 0.3) is 0 Å². The van der Waals surface area contributed by atoms with Gasteiger partial charge in [0.1, 0.15) is 18.2 Å². The van der Waals surface area contributed by atoms with Crippen molar-refractivity contribution in [2.75, 3.05) is 74.6 Å². The number of carbonyl (C=O) groups is 2. The van der Waals surface area contributed by atoms with Crippen LogP contribution in [0.15, 0.2) is 36.4 Å². The minimum atomic E-state index is -4.04. The van der Waals surface area contributed by atoms with Crippen LogP contribution in [0.1, 0.15) is 118 Å². The van der Waals surface area contributed by atoms with E-state index in [0.717, 1.165) is 84.4 Å². The lowest BCUT2D eigenvalue weighted by Gasteiger charge is -2.37. The molecule has 0 radical (unpaired) electrons. The van der Waals surface area contributed by atoms with Gasteiger partial charge in [-0.1, -0.05) is 61.2 Å². The van der Waals surface area contributed by atoms with E-state index in [0.29, 0.717) is 43.7 Å². The number of nitrogens with one attached hydrogen (secondary N) is 2. The first-order valence-corrected chi connectivity index (χ1v) is 34.7. The quantitative estimate of drug-likeness (QED) is 0.0482. The highest BCUT2D eigenvalue weighted by atomic mass is 79.9. The third kappa shape index (κ3) is 20.7. The summed E-state index contributed by atoms with van der Waals surface area (Å²) in [6.45, 7) is 26.2. The van der Waals surface area contributed by atoms with Gasteiger partial charge in [0.05, 0.1) is 50.8 Å². The second kappa shape index (κ2) is 26.7. The van der Waals surface area contributed by atoms with Crippen LogP contribution in [-0.2, 0) is 40.6 Å². The third-order valence-corrected chi connectivity index (χ3v) is 16.1. The van der Waals surface area contributed by atoms with E-state index in [4.69, 9.17) is 28.3 Å². The standard InChI is InChI=1S/C26H43N2O5P.C22H35N2O5P.C3H9BrSi/c1-6-31-34(30,32-7-2)17-15-27-19-25(29)28-16-14-20-18-23(12-13-24(20)28)33-22-10-8-21(9-11-22)26(3,4)5;1-22(2,3)17-4-6-18(7-5-17)29-19-8-9-20-16(14-19)10-12-24(20)21(25)15-23-11-13-30(26,27)28;1-5(2,3)4/h12-13,18,21-22,27H,6-11,14-17,19H2,1-5H3;8-9,14,17-18,23H,4-7,10-13,15H2,1-3H3,(H2,26,27,28);1-3H3. The number of hydrogen-bond acceptors (Lipinski definition) is 10. The molecule has 0 bridgehead atoms. The third-order valence-electron chi connectivity index (χ3n) is 13.2. The van der Waals surface area contributed by atoms with Crippen molar-refractivity contribution in [3.05, 3.63) is 47.5 Å². The van der Waals surface area contributed by atoms with Crippen molar-refractivity contribution in [1.82, 2.24) is 10.6 Å². The Kier molecular flexibility index (Phi) is 23.0. The summed E-state index contributed by atoms with van der Waals surface area (Å²) in [6.07, 6.45) is 11.4. The molecule has 2 aromatic rings. The SMILES string of the molecule is CC(C)(C)C1CCC(Oc2ccc3c(c2)CCN3C(=O)CNCCP(=O)(O)O)CC1.CCOP(=O)(CCNCC(=O)N1CCc2cc(OC3CCC(C(C)(C)C)CC3)ccc21)OCC.C[Si](C)(C)Br. The summed E-state index contributed by atoms with van der Waals surface area (Å²) in [5.74, 6) is 3.23. The fourth-order valence-corrected chi connectivity index (χ4v) is 11.5. The predicted molar refractivity (Wildman–Crippen MR) is 287 cm³/mol. The molecule has 0 atom stereocenters. The van der Waals surface area contributed by atoms with Crippen molar-refractivity contribution in [2.45, 2.75) is 151 Å². The highest BCUT2D eigenvalue weighted by molar-refractivity contribution is 9.26. The molecule has 0 spiro atoms. The molecule has 6 rings (SSSR count). The molecular weight excluding hydrogens is 999 g/mol. The first-order valence-electron chi connectivity index (χ1n) is 25.4. The van der Waals surface area contributed by atoms with E-state index < -0.39 is 21.9 Å². The van der Waals surface area contributed by atoms with E-state index in [9.17, 15) is 18.7 Å². The summed E-state index contributed by atoms with van der Waals surface area (Å²) in [6, 6.07) is 12.1. The lowest BCUT2D eigenvalue weighted by atomic mass is 9.72. The molecule has 14 nitrogen and oxygen atoms in total. The Balaban J connectivity index is 0.000000275. The van der Waals surface area contributed by atoms with E-state index in [1.807, 2.05) is 29.2 Å². The normalized spacial score (nSPS) is 20.8. The molecule has 2 amide bonds. The van der Waals surface area contributed by atoms with Crippen LogP contribution in [0, 0.1) is 22.7 Å². The summed E-state index contributed by atoms with van der Waals surface area (Å²) in [5, 5.41) is 5.92. The number of benzene rings is 2. The first kappa shape index (κ1) is 59.5. The number of halogens is 1. The molecule has 2 saturated carbocycles. The maximum absolute atomic E-state index is 12.8. The van der Waals surface area contributed by atoms with Crippen LogP contribution < -0.4 is 29.9 Å². The van der Waals surface area contributed by atoms with Crippen molar-refractivity contribution in [2.24, 2.45) is 22.7 Å². The number of ether oxygens (including phenoxy) is 2. The van der Waals surface area contributed by atoms with Crippen LogP contribution in [-0.4, -0.2) is 105 Å². The largest absolute Gasteiger partial charge is 0.490 e. The summed E-state index contributed by atoms with van der Waals surface area (Å²) < 4.78 is 46.6. The van der Waals surface area contributed by atoms with Crippen molar-refractivity contribution in [3.63, 3.8) is 0 Å². The number of anilines is 2. The molecule has 2 heterocycles. The monoisotopic (exact) mass is 1080 g/mol. The van der Waals surface area contributed by atoms with Gasteiger partial charge in [-0.3, -0.25) is 18.7 Å². The molecule has 2 aliphatic heterocycles. The average Bonchev–Trinajstić information content (AvgIpc) is 3.87. The lowest BCUT2D eigenvalue weighted by molar-refractivity contribution is -0.118. The van der Waals surface area contributed by atoms with Crippen LogP contribution in [0.5, 0.6) is 11.5 Å². The van der Waals surface area contributed by atoms with Crippen molar-refractivity contribution < 1.29 is 47.0 Å². The molecule has 0 saturated heterocycles. The molecule has 2 fully saturated rings. The van der Waals surface area contributed by atoms with Crippen molar-refractivity contribution >= 4 is 60.4 Å².